The lowest BCUT2D eigenvalue weighted by atomic mass is 10.2. The molecule has 0 aliphatic carbocycles. The first kappa shape index (κ1) is 17.9. The number of fused-ring (bicyclic) bond motifs is 1. The van der Waals surface area contributed by atoms with Crippen molar-refractivity contribution in [3.05, 3.63) is 35.9 Å². The normalized spacial score (nSPS) is 12.1. The minimum absolute atomic E-state index is 0.0456. The number of hydrogen-bond donors (Lipinski definition) is 2. The Kier molecular flexibility index (Phi) is 6.31. The van der Waals surface area contributed by atoms with Crippen molar-refractivity contribution in [1.82, 2.24) is 20.0 Å². The van der Waals surface area contributed by atoms with Crippen LogP contribution in [0.5, 0.6) is 0 Å². The van der Waals surface area contributed by atoms with Gasteiger partial charge in [0.05, 0.1) is 5.52 Å². The summed E-state index contributed by atoms with van der Waals surface area (Å²) in [5.74, 6) is -0.376. The van der Waals surface area contributed by atoms with Crippen molar-refractivity contribution < 1.29 is 14.3 Å². The number of carbonyl (C=O) groups excluding carboxylic acids is 2. The van der Waals surface area contributed by atoms with Gasteiger partial charge in [0, 0.05) is 32.5 Å². The summed E-state index contributed by atoms with van der Waals surface area (Å²) in [7, 11) is 1.62. The zero-order chi connectivity index (χ0) is 17.5. The lowest BCUT2D eigenvalue weighted by Gasteiger charge is -2.09. The molecule has 1 atom stereocenters. The fourth-order valence-corrected chi connectivity index (χ4v) is 2.26. The van der Waals surface area contributed by atoms with E-state index in [0.717, 1.165) is 6.42 Å². The summed E-state index contributed by atoms with van der Waals surface area (Å²) in [5.41, 5.74) is 0.873. The number of imidazole rings is 1. The molecule has 0 saturated heterocycles. The topological polar surface area (TPSA) is 84.7 Å². The summed E-state index contributed by atoms with van der Waals surface area (Å²) in [5, 5.41) is 5.68. The molecule has 2 N–H and O–H groups in total. The van der Waals surface area contributed by atoms with E-state index in [1.807, 2.05) is 19.9 Å². The number of amides is 2. The molecule has 2 heterocycles. The fourth-order valence-electron chi connectivity index (χ4n) is 2.26. The summed E-state index contributed by atoms with van der Waals surface area (Å²) in [6.07, 6.45) is 3.27. The second-order valence-electron chi connectivity index (χ2n) is 5.62. The van der Waals surface area contributed by atoms with Crippen LogP contribution in [0.2, 0.25) is 0 Å². The molecule has 7 heteroatoms. The van der Waals surface area contributed by atoms with Crippen LogP contribution in [0.1, 0.15) is 47.8 Å². The minimum atomic E-state index is -0.310. The molecule has 2 aromatic rings. The average Bonchev–Trinajstić information content (AvgIpc) is 2.98. The quantitative estimate of drug-likeness (QED) is 0.720. The van der Waals surface area contributed by atoms with Gasteiger partial charge in [0.15, 0.2) is 5.69 Å². The van der Waals surface area contributed by atoms with Gasteiger partial charge in [-0.25, -0.2) is 4.98 Å². The van der Waals surface area contributed by atoms with Gasteiger partial charge in [-0.2, -0.15) is 0 Å². The zero-order valence-electron chi connectivity index (χ0n) is 14.3. The van der Waals surface area contributed by atoms with Crippen LogP contribution in [0.25, 0.3) is 5.52 Å². The van der Waals surface area contributed by atoms with E-state index in [1.165, 1.54) is 0 Å². The van der Waals surface area contributed by atoms with Gasteiger partial charge in [-0.05, 0) is 31.9 Å². The highest BCUT2D eigenvalue weighted by Gasteiger charge is 2.21. The first-order chi connectivity index (χ1) is 11.6. The highest BCUT2D eigenvalue weighted by molar-refractivity contribution is 6.02. The highest BCUT2D eigenvalue weighted by atomic mass is 16.5. The number of aromatic nitrogens is 2. The molecule has 1 unspecified atom stereocenters. The summed E-state index contributed by atoms with van der Waals surface area (Å²) in [4.78, 5) is 29.1. The van der Waals surface area contributed by atoms with Gasteiger partial charge in [-0.3, -0.25) is 14.0 Å². The number of rotatable bonds is 8. The van der Waals surface area contributed by atoms with Crippen molar-refractivity contribution in [3.63, 3.8) is 0 Å². The molecule has 0 aliphatic heterocycles. The molecule has 0 saturated carbocycles. The van der Waals surface area contributed by atoms with Crippen molar-refractivity contribution in [2.24, 2.45) is 0 Å². The number of nitrogens with zero attached hydrogens (tertiary/aromatic N) is 2. The largest absolute Gasteiger partial charge is 0.385 e. The first-order valence-electron chi connectivity index (χ1n) is 8.13. The predicted octanol–water partition coefficient (Wildman–Crippen LogP) is 1.63. The van der Waals surface area contributed by atoms with E-state index in [4.69, 9.17) is 4.74 Å². The summed E-state index contributed by atoms with van der Waals surface area (Å²) >= 11 is 0. The standard InChI is InChI=1S/C17H24N4O3/c1-4-12(2)19-16(22)14-13-8-5-6-10-21(13)15(20-14)17(23)18-9-7-11-24-3/h5-6,8,10,12H,4,7,9,11H2,1-3H3,(H,18,23)(H,19,22). The molecule has 24 heavy (non-hydrogen) atoms. The smallest absolute Gasteiger partial charge is 0.287 e. The number of pyridine rings is 1. The Morgan fingerprint density at radius 1 is 1.33 bits per heavy atom. The molecule has 2 rings (SSSR count). The number of hydrogen-bond acceptors (Lipinski definition) is 4. The summed E-state index contributed by atoms with van der Waals surface area (Å²) in [6, 6.07) is 5.44. The molecule has 130 valence electrons. The van der Waals surface area contributed by atoms with Crippen LogP contribution in [-0.4, -0.2) is 47.5 Å². The zero-order valence-corrected chi connectivity index (χ0v) is 14.3. The maximum Gasteiger partial charge on any atom is 0.287 e. The molecule has 0 spiro atoms. The third kappa shape index (κ3) is 4.11. The van der Waals surface area contributed by atoms with E-state index < -0.39 is 0 Å². The SMILES string of the molecule is CCC(C)NC(=O)c1nc(C(=O)NCCCOC)n2ccccc12. The number of nitrogens with one attached hydrogen (secondary N) is 2. The van der Waals surface area contributed by atoms with Crippen molar-refractivity contribution in [3.8, 4) is 0 Å². The molecule has 0 fully saturated rings. The molecule has 2 aromatic heterocycles. The number of methoxy groups -OCH3 is 1. The third-order valence-electron chi connectivity index (χ3n) is 3.77. The van der Waals surface area contributed by atoms with Gasteiger partial charge < -0.3 is 15.4 Å². The van der Waals surface area contributed by atoms with Crippen molar-refractivity contribution in [1.29, 1.82) is 0 Å². The van der Waals surface area contributed by atoms with Crippen molar-refractivity contribution in [2.45, 2.75) is 32.7 Å². The molecule has 0 aromatic carbocycles. The van der Waals surface area contributed by atoms with E-state index in [9.17, 15) is 9.59 Å². The van der Waals surface area contributed by atoms with Crippen LogP contribution in [0.3, 0.4) is 0 Å². The Morgan fingerprint density at radius 3 is 2.83 bits per heavy atom. The van der Waals surface area contributed by atoms with Crippen LogP contribution in [0.4, 0.5) is 0 Å². The molecular formula is C17H24N4O3. The van der Waals surface area contributed by atoms with E-state index >= 15 is 0 Å². The maximum atomic E-state index is 12.4. The van der Waals surface area contributed by atoms with Crippen LogP contribution in [0, 0.1) is 0 Å². The molecular weight excluding hydrogens is 308 g/mol. The number of carbonyl (C=O) groups is 2. The van der Waals surface area contributed by atoms with Crippen LogP contribution < -0.4 is 10.6 Å². The highest BCUT2D eigenvalue weighted by Crippen LogP contribution is 2.13. The molecule has 0 aliphatic rings. The van der Waals surface area contributed by atoms with Gasteiger partial charge in [-0.1, -0.05) is 13.0 Å². The Morgan fingerprint density at radius 2 is 2.12 bits per heavy atom. The fraction of sp³-hybridized carbons (Fsp3) is 0.471. The van der Waals surface area contributed by atoms with Gasteiger partial charge in [0.1, 0.15) is 0 Å². The molecule has 2 amide bonds. The Balaban J connectivity index is 2.25. The lowest BCUT2D eigenvalue weighted by molar-refractivity contribution is 0.0936. The minimum Gasteiger partial charge on any atom is -0.385 e. The van der Waals surface area contributed by atoms with Gasteiger partial charge in [0.25, 0.3) is 11.8 Å². The van der Waals surface area contributed by atoms with Crippen LogP contribution in [-0.2, 0) is 4.74 Å². The first-order valence-corrected chi connectivity index (χ1v) is 8.13. The molecule has 0 bridgehead atoms. The Labute approximate surface area is 141 Å². The second-order valence-corrected chi connectivity index (χ2v) is 5.62. The van der Waals surface area contributed by atoms with Gasteiger partial charge in [0.2, 0.25) is 5.82 Å². The summed E-state index contributed by atoms with van der Waals surface area (Å²) in [6.45, 7) is 4.99. The van der Waals surface area contributed by atoms with Gasteiger partial charge >= 0.3 is 0 Å². The van der Waals surface area contributed by atoms with Crippen LogP contribution >= 0.6 is 0 Å². The molecule has 7 nitrogen and oxygen atoms in total. The molecule has 0 radical (unpaired) electrons. The second kappa shape index (κ2) is 8.44. The number of ether oxygens (including phenoxy) is 1. The van der Waals surface area contributed by atoms with Crippen LogP contribution in [0.15, 0.2) is 24.4 Å². The summed E-state index contributed by atoms with van der Waals surface area (Å²) < 4.78 is 6.59. The van der Waals surface area contributed by atoms with Crippen molar-refractivity contribution in [2.75, 3.05) is 20.3 Å². The average molecular weight is 332 g/mol. The van der Waals surface area contributed by atoms with E-state index in [-0.39, 0.29) is 29.4 Å². The van der Waals surface area contributed by atoms with E-state index in [0.29, 0.717) is 25.1 Å². The van der Waals surface area contributed by atoms with E-state index in [2.05, 4.69) is 15.6 Å². The van der Waals surface area contributed by atoms with Gasteiger partial charge in [-0.15, -0.1) is 0 Å². The predicted molar refractivity (Wildman–Crippen MR) is 91.2 cm³/mol. The third-order valence-corrected chi connectivity index (χ3v) is 3.77. The monoisotopic (exact) mass is 332 g/mol. The van der Waals surface area contributed by atoms with E-state index in [1.54, 1.807) is 29.8 Å². The van der Waals surface area contributed by atoms with Crippen molar-refractivity contribution >= 4 is 17.3 Å². The maximum absolute atomic E-state index is 12.4. The Bertz CT molecular complexity index is 711. The lowest BCUT2D eigenvalue weighted by Crippen LogP contribution is -2.32. The Hall–Kier alpha value is -2.41.